The van der Waals surface area contributed by atoms with E-state index in [1.165, 1.54) is 19.3 Å². The van der Waals surface area contributed by atoms with E-state index in [2.05, 4.69) is 9.62 Å². The molecule has 2 aliphatic rings. The lowest BCUT2D eigenvalue weighted by Crippen LogP contribution is -2.41. The van der Waals surface area contributed by atoms with Gasteiger partial charge in [0.15, 0.2) is 0 Å². The molecule has 2 fully saturated rings. The molecule has 6 heteroatoms. The molecule has 0 bridgehead atoms. The van der Waals surface area contributed by atoms with Gasteiger partial charge in [0.1, 0.15) is 0 Å². The topological polar surface area (TPSA) is 69.6 Å². The average Bonchev–Trinajstić information content (AvgIpc) is 2.87. The van der Waals surface area contributed by atoms with Gasteiger partial charge in [0.25, 0.3) is 0 Å². The molecule has 1 aliphatic carbocycles. The minimum Gasteiger partial charge on any atom is -0.392 e. The number of hydrogen-bond donors (Lipinski definition) is 2. The van der Waals surface area contributed by atoms with Crippen LogP contribution < -0.4 is 4.72 Å². The third-order valence-corrected chi connectivity index (χ3v) is 6.77. The number of sulfonamides is 1. The lowest BCUT2D eigenvalue weighted by Gasteiger charge is -2.29. The third kappa shape index (κ3) is 4.91. The standard InChI is InChI=1S/C15H30N2O3S/c1-12(2)16-21(19,20)14-8-9-17(10-14)11-15(18)13-6-4-3-5-7-13/h12-16,18H,3-11H2,1-2H3/t14-,15-/m1/s1. The van der Waals surface area contributed by atoms with E-state index >= 15 is 0 Å². The highest BCUT2D eigenvalue weighted by Gasteiger charge is 2.35. The maximum Gasteiger partial charge on any atom is 0.216 e. The lowest BCUT2D eigenvalue weighted by molar-refractivity contribution is 0.0545. The van der Waals surface area contributed by atoms with E-state index in [-0.39, 0.29) is 17.4 Å². The predicted octanol–water partition coefficient (Wildman–Crippen LogP) is 1.33. The second-order valence-corrected chi connectivity index (χ2v) is 8.95. The second-order valence-electron chi connectivity index (χ2n) is 6.95. The molecule has 0 aromatic heterocycles. The number of nitrogens with zero attached hydrogens (tertiary/aromatic N) is 1. The molecule has 5 nitrogen and oxygen atoms in total. The zero-order valence-corrected chi connectivity index (χ0v) is 14.1. The van der Waals surface area contributed by atoms with E-state index in [0.717, 1.165) is 19.4 Å². The van der Waals surface area contributed by atoms with E-state index in [0.29, 0.717) is 25.4 Å². The minimum atomic E-state index is -3.23. The molecular weight excluding hydrogens is 288 g/mol. The van der Waals surface area contributed by atoms with Gasteiger partial charge in [-0.05, 0) is 45.6 Å². The lowest BCUT2D eigenvalue weighted by atomic mass is 9.85. The number of likely N-dealkylation sites (tertiary alicyclic amines) is 1. The van der Waals surface area contributed by atoms with Gasteiger partial charge in [0.05, 0.1) is 11.4 Å². The Hall–Kier alpha value is -0.170. The largest absolute Gasteiger partial charge is 0.392 e. The van der Waals surface area contributed by atoms with Crippen LogP contribution in [0.2, 0.25) is 0 Å². The van der Waals surface area contributed by atoms with Crippen molar-refractivity contribution in [1.82, 2.24) is 9.62 Å². The summed E-state index contributed by atoms with van der Waals surface area (Å²) < 4.78 is 27.0. The summed E-state index contributed by atoms with van der Waals surface area (Å²) in [5, 5.41) is 10.0. The molecule has 124 valence electrons. The summed E-state index contributed by atoms with van der Waals surface area (Å²) in [5.74, 6) is 0.406. The quantitative estimate of drug-likeness (QED) is 0.775. The molecule has 1 aliphatic heterocycles. The maximum atomic E-state index is 12.2. The summed E-state index contributed by atoms with van der Waals surface area (Å²) in [5.41, 5.74) is 0. The fourth-order valence-electron chi connectivity index (χ4n) is 3.57. The zero-order valence-electron chi connectivity index (χ0n) is 13.3. The van der Waals surface area contributed by atoms with E-state index in [4.69, 9.17) is 0 Å². The molecule has 1 heterocycles. The number of nitrogens with one attached hydrogen (secondary N) is 1. The van der Waals surface area contributed by atoms with Gasteiger partial charge in [-0.3, -0.25) is 4.90 Å². The molecule has 0 unspecified atom stereocenters. The maximum absolute atomic E-state index is 12.2. The van der Waals surface area contributed by atoms with Gasteiger partial charge in [-0.2, -0.15) is 0 Å². The van der Waals surface area contributed by atoms with Crippen LogP contribution >= 0.6 is 0 Å². The molecule has 1 saturated heterocycles. The van der Waals surface area contributed by atoms with Crippen LogP contribution in [0.15, 0.2) is 0 Å². The number of hydrogen-bond acceptors (Lipinski definition) is 4. The van der Waals surface area contributed by atoms with Gasteiger partial charge >= 0.3 is 0 Å². The molecular formula is C15H30N2O3S. The monoisotopic (exact) mass is 318 g/mol. The average molecular weight is 318 g/mol. The van der Waals surface area contributed by atoms with E-state index in [1.807, 2.05) is 13.8 Å². The first kappa shape index (κ1) is 17.2. The summed E-state index contributed by atoms with van der Waals surface area (Å²) in [4.78, 5) is 2.11. The van der Waals surface area contributed by atoms with Crippen molar-refractivity contribution in [2.45, 2.75) is 69.8 Å². The van der Waals surface area contributed by atoms with Crippen molar-refractivity contribution < 1.29 is 13.5 Å². The van der Waals surface area contributed by atoms with Crippen LogP contribution in [0.3, 0.4) is 0 Å². The Morgan fingerprint density at radius 2 is 1.86 bits per heavy atom. The Labute approximate surface area is 129 Å². The van der Waals surface area contributed by atoms with E-state index < -0.39 is 10.0 Å². The summed E-state index contributed by atoms with van der Waals surface area (Å²) in [7, 11) is -3.23. The fraction of sp³-hybridized carbons (Fsp3) is 1.00. The van der Waals surface area contributed by atoms with E-state index in [1.54, 1.807) is 0 Å². The summed E-state index contributed by atoms with van der Waals surface area (Å²) in [6.07, 6.45) is 6.32. The smallest absolute Gasteiger partial charge is 0.216 e. The number of aliphatic hydroxyl groups is 1. The van der Waals surface area contributed by atoms with Crippen LogP contribution in [-0.2, 0) is 10.0 Å². The normalized spacial score (nSPS) is 27.3. The molecule has 1 saturated carbocycles. The first-order valence-electron chi connectivity index (χ1n) is 8.30. The van der Waals surface area contributed by atoms with Gasteiger partial charge in [0.2, 0.25) is 10.0 Å². The van der Waals surface area contributed by atoms with Gasteiger partial charge in [0, 0.05) is 19.1 Å². The second kappa shape index (κ2) is 7.40. The van der Waals surface area contributed by atoms with Crippen molar-refractivity contribution in [2.24, 2.45) is 5.92 Å². The molecule has 2 N–H and O–H groups in total. The molecule has 0 radical (unpaired) electrons. The molecule has 0 spiro atoms. The Morgan fingerprint density at radius 1 is 1.19 bits per heavy atom. The zero-order chi connectivity index (χ0) is 15.5. The predicted molar refractivity (Wildman–Crippen MR) is 84.6 cm³/mol. The highest BCUT2D eigenvalue weighted by Crippen LogP contribution is 2.27. The molecule has 0 aromatic rings. The first-order valence-corrected chi connectivity index (χ1v) is 9.84. The van der Waals surface area contributed by atoms with Gasteiger partial charge in [-0.15, -0.1) is 0 Å². The number of rotatable bonds is 6. The highest BCUT2D eigenvalue weighted by molar-refractivity contribution is 7.90. The van der Waals surface area contributed by atoms with Gasteiger partial charge in [-0.1, -0.05) is 19.3 Å². The van der Waals surface area contributed by atoms with Crippen LogP contribution in [0.5, 0.6) is 0 Å². The van der Waals surface area contributed by atoms with Crippen molar-refractivity contribution in [2.75, 3.05) is 19.6 Å². The minimum absolute atomic E-state index is 0.0584. The highest BCUT2D eigenvalue weighted by atomic mass is 32.2. The Morgan fingerprint density at radius 3 is 2.48 bits per heavy atom. The van der Waals surface area contributed by atoms with Crippen LogP contribution in [0, 0.1) is 5.92 Å². The molecule has 2 atom stereocenters. The van der Waals surface area contributed by atoms with Crippen LogP contribution in [0.1, 0.15) is 52.4 Å². The van der Waals surface area contributed by atoms with Crippen molar-refractivity contribution in [3.05, 3.63) is 0 Å². The molecule has 0 aromatic carbocycles. The number of aliphatic hydroxyl groups excluding tert-OH is 1. The van der Waals surface area contributed by atoms with Crippen molar-refractivity contribution in [3.63, 3.8) is 0 Å². The van der Waals surface area contributed by atoms with Gasteiger partial charge in [-0.25, -0.2) is 13.1 Å². The molecule has 0 amide bonds. The van der Waals surface area contributed by atoms with Gasteiger partial charge < -0.3 is 5.11 Å². The summed E-state index contributed by atoms with van der Waals surface area (Å²) >= 11 is 0. The van der Waals surface area contributed by atoms with Crippen molar-refractivity contribution in [3.8, 4) is 0 Å². The Bertz CT molecular complexity index is 419. The SMILES string of the molecule is CC(C)NS(=O)(=O)[C@@H]1CCN(C[C@@H](O)C2CCCCC2)C1. The first-order chi connectivity index (χ1) is 9.88. The van der Waals surface area contributed by atoms with E-state index in [9.17, 15) is 13.5 Å². The van der Waals surface area contributed by atoms with Crippen molar-refractivity contribution >= 4 is 10.0 Å². The summed E-state index contributed by atoms with van der Waals surface area (Å²) in [6.45, 7) is 5.63. The third-order valence-electron chi connectivity index (χ3n) is 4.71. The summed E-state index contributed by atoms with van der Waals surface area (Å²) in [6, 6.07) is -0.0584. The Kier molecular flexibility index (Phi) is 6.05. The molecule has 21 heavy (non-hydrogen) atoms. The number of β-amino-alcohol motifs (C(OH)–C–C–N with tert-alkyl or cyclic N) is 1. The molecule has 2 rings (SSSR count). The van der Waals surface area contributed by atoms with Crippen LogP contribution in [-0.4, -0.2) is 55.5 Å². The van der Waals surface area contributed by atoms with Crippen LogP contribution in [0.25, 0.3) is 0 Å². The fourth-order valence-corrected chi connectivity index (χ4v) is 5.25. The van der Waals surface area contributed by atoms with Crippen molar-refractivity contribution in [1.29, 1.82) is 0 Å². The van der Waals surface area contributed by atoms with Crippen LogP contribution in [0.4, 0.5) is 0 Å². The Balaban J connectivity index is 1.82.